The van der Waals surface area contributed by atoms with Gasteiger partial charge in [-0.25, -0.2) is 19.7 Å². The minimum atomic E-state index is -4.68. The summed E-state index contributed by atoms with van der Waals surface area (Å²) in [7, 11) is 0. The van der Waals surface area contributed by atoms with E-state index in [0.717, 1.165) is 6.20 Å². The number of hydrogen-bond acceptors (Lipinski definition) is 7. The quantitative estimate of drug-likeness (QED) is 0.548. The molecule has 0 aliphatic carbocycles. The van der Waals surface area contributed by atoms with Crippen LogP contribution in [0.2, 0.25) is 0 Å². The summed E-state index contributed by atoms with van der Waals surface area (Å²) in [6, 6.07) is 4.60. The molecule has 0 saturated carbocycles. The number of halogens is 3. The van der Waals surface area contributed by atoms with Gasteiger partial charge in [0.2, 0.25) is 5.95 Å². The van der Waals surface area contributed by atoms with Crippen molar-refractivity contribution in [3.05, 3.63) is 35.8 Å². The maximum atomic E-state index is 13.8. The highest BCUT2D eigenvalue weighted by molar-refractivity contribution is 5.93. The van der Waals surface area contributed by atoms with Gasteiger partial charge in [0.05, 0.1) is 5.69 Å². The van der Waals surface area contributed by atoms with Gasteiger partial charge in [-0.05, 0) is 45.7 Å². The highest BCUT2D eigenvalue weighted by Gasteiger charge is 2.36. The molecule has 1 aliphatic heterocycles. The molecule has 1 fully saturated rings. The van der Waals surface area contributed by atoms with E-state index in [9.17, 15) is 18.0 Å². The predicted octanol–water partition coefficient (Wildman–Crippen LogP) is 4.72. The average molecular weight is 487 g/mol. The Morgan fingerprint density at radius 3 is 2.74 bits per heavy atom. The highest BCUT2D eigenvalue weighted by Crippen LogP contribution is 2.38. The van der Waals surface area contributed by atoms with Crippen LogP contribution in [0.1, 0.15) is 44.9 Å². The van der Waals surface area contributed by atoms with Crippen molar-refractivity contribution in [1.82, 2.24) is 24.8 Å². The third kappa shape index (κ3) is 5.45. The predicted molar refractivity (Wildman–Crippen MR) is 121 cm³/mol. The number of piperidine rings is 1. The Balaban J connectivity index is 1.63. The van der Waals surface area contributed by atoms with Gasteiger partial charge in [-0.2, -0.15) is 18.4 Å². The normalized spacial score (nSPS) is 16.7. The monoisotopic (exact) mass is 487 g/mol. The van der Waals surface area contributed by atoms with Gasteiger partial charge in [-0.3, -0.25) is 0 Å². The molecule has 0 unspecified atom stereocenters. The van der Waals surface area contributed by atoms with Gasteiger partial charge >= 0.3 is 12.3 Å². The van der Waals surface area contributed by atoms with E-state index in [1.807, 2.05) is 6.07 Å². The van der Waals surface area contributed by atoms with Crippen LogP contribution in [-0.2, 0) is 10.9 Å². The molecule has 0 spiro atoms. The molecule has 12 heteroatoms. The van der Waals surface area contributed by atoms with Crippen LogP contribution in [0.25, 0.3) is 22.3 Å². The molecule has 1 atom stereocenters. The van der Waals surface area contributed by atoms with Crippen molar-refractivity contribution in [3.8, 4) is 17.3 Å². The average Bonchev–Trinajstić information content (AvgIpc) is 3.20. The first kappa shape index (κ1) is 24.3. The Morgan fingerprint density at radius 1 is 1.29 bits per heavy atom. The molecule has 1 amide bonds. The second kappa shape index (κ2) is 9.05. The fourth-order valence-electron chi connectivity index (χ4n) is 3.90. The van der Waals surface area contributed by atoms with Crippen LogP contribution in [0.3, 0.4) is 0 Å². The topological polar surface area (TPSA) is 120 Å². The molecule has 1 saturated heterocycles. The fraction of sp³-hybridized carbons (Fsp3) is 0.435. The third-order valence-corrected chi connectivity index (χ3v) is 5.41. The second-order valence-corrected chi connectivity index (χ2v) is 9.27. The number of nitriles is 1. The zero-order valence-electron chi connectivity index (χ0n) is 19.4. The minimum absolute atomic E-state index is 0.0139. The lowest BCUT2D eigenvalue weighted by atomic mass is 10.1. The molecular formula is C23H24F3N7O2. The number of H-pyrrole nitrogens is 1. The Morgan fingerprint density at radius 2 is 2.06 bits per heavy atom. The van der Waals surface area contributed by atoms with Crippen molar-refractivity contribution in [2.24, 2.45) is 0 Å². The summed E-state index contributed by atoms with van der Waals surface area (Å²) in [6.45, 7) is 6.18. The van der Waals surface area contributed by atoms with Gasteiger partial charge in [-0.15, -0.1) is 0 Å². The Labute approximate surface area is 199 Å². The van der Waals surface area contributed by atoms with Gasteiger partial charge in [0.1, 0.15) is 28.6 Å². The van der Waals surface area contributed by atoms with Crippen molar-refractivity contribution < 1.29 is 22.7 Å². The number of carbonyl (C=O) groups excluding carboxylic acids is 1. The van der Waals surface area contributed by atoms with Crippen LogP contribution in [0.4, 0.5) is 23.9 Å². The molecule has 0 aromatic carbocycles. The smallest absolute Gasteiger partial charge is 0.419 e. The molecule has 35 heavy (non-hydrogen) atoms. The van der Waals surface area contributed by atoms with Gasteiger partial charge < -0.3 is 19.9 Å². The highest BCUT2D eigenvalue weighted by atomic mass is 19.4. The van der Waals surface area contributed by atoms with E-state index in [1.54, 1.807) is 25.7 Å². The SMILES string of the molecule is CC(C)(C)OC(=O)N1CCC[C@@H](Nc2ncc(C(F)(F)F)c(-c3c[nH]c4nc(C#N)ccc34)n2)C1. The summed E-state index contributed by atoms with van der Waals surface area (Å²) >= 11 is 0. The lowest BCUT2D eigenvalue weighted by molar-refractivity contribution is -0.137. The first-order chi connectivity index (χ1) is 16.4. The summed E-state index contributed by atoms with van der Waals surface area (Å²) in [5.74, 6) is 0.0139. The van der Waals surface area contributed by atoms with Crippen LogP contribution < -0.4 is 5.32 Å². The van der Waals surface area contributed by atoms with E-state index in [0.29, 0.717) is 31.3 Å². The molecule has 0 bridgehead atoms. The molecule has 1 aliphatic rings. The van der Waals surface area contributed by atoms with E-state index in [2.05, 4.69) is 25.3 Å². The standard InChI is InChI=1S/C23H24F3N7O2/c1-22(2,3)35-21(34)33-8-4-5-14(12-33)31-20-29-11-17(23(24,25)26)18(32-20)16-10-28-19-15(16)7-6-13(9-27)30-19/h6-7,10-11,14H,4-5,8,12H2,1-3H3,(H,28,30)(H,29,31,32)/t14-/m1/s1. The molecule has 2 N–H and O–H groups in total. The largest absolute Gasteiger partial charge is 0.444 e. The number of ether oxygens (including phenoxy) is 1. The maximum absolute atomic E-state index is 13.8. The number of nitrogens with one attached hydrogen (secondary N) is 2. The minimum Gasteiger partial charge on any atom is -0.444 e. The molecular weight excluding hydrogens is 463 g/mol. The molecule has 3 aromatic rings. The zero-order chi connectivity index (χ0) is 25.4. The number of nitrogens with zero attached hydrogens (tertiary/aromatic N) is 5. The summed E-state index contributed by atoms with van der Waals surface area (Å²) in [5, 5.41) is 12.5. The number of carbonyl (C=O) groups is 1. The van der Waals surface area contributed by atoms with Crippen molar-refractivity contribution >= 4 is 23.1 Å². The molecule has 3 aromatic heterocycles. The van der Waals surface area contributed by atoms with Gasteiger partial charge in [0.15, 0.2) is 0 Å². The number of alkyl halides is 3. The lowest BCUT2D eigenvalue weighted by Gasteiger charge is -2.34. The van der Waals surface area contributed by atoms with Gasteiger partial charge in [-0.1, -0.05) is 0 Å². The van der Waals surface area contributed by atoms with Crippen molar-refractivity contribution in [2.75, 3.05) is 18.4 Å². The molecule has 0 radical (unpaired) electrons. The molecule has 4 rings (SSSR count). The molecule has 4 heterocycles. The van der Waals surface area contributed by atoms with Gasteiger partial charge in [0, 0.05) is 42.5 Å². The van der Waals surface area contributed by atoms with E-state index in [1.165, 1.54) is 18.3 Å². The first-order valence-corrected chi connectivity index (χ1v) is 11.0. The summed E-state index contributed by atoms with van der Waals surface area (Å²) in [4.78, 5) is 29.0. The Bertz CT molecular complexity index is 1290. The number of hydrogen-bond donors (Lipinski definition) is 2. The van der Waals surface area contributed by atoms with Crippen molar-refractivity contribution in [1.29, 1.82) is 5.26 Å². The number of amides is 1. The van der Waals surface area contributed by atoms with Crippen molar-refractivity contribution in [2.45, 2.75) is 51.4 Å². The van der Waals surface area contributed by atoms with E-state index < -0.39 is 23.4 Å². The van der Waals surface area contributed by atoms with E-state index in [-0.39, 0.29) is 34.6 Å². The lowest BCUT2D eigenvalue weighted by Crippen LogP contribution is -2.47. The first-order valence-electron chi connectivity index (χ1n) is 11.0. The number of fused-ring (bicyclic) bond motifs is 1. The summed E-state index contributed by atoms with van der Waals surface area (Å²) < 4.78 is 46.8. The number of rotatable bonds is 3. The molecule has 9 nitrogen and oxygen atoms in total. The summed E-state index contributed by atoms with van der Waals surface area (Å²) in [6.07, 6.45) is -1.62. The Hall–Kier alpha value is -3.88. The fourth-order valence-corrected chi connectivity index (χ4v) is 3.90. The van der Waals surface area contributed by atoms with E-state index in [4.69, 9.17) is 10.00 Å². The van der Waals surface area contributed by atoms with E-state index >= 15 is 0 Å². The van der Waals surface area contributed by atoms with Crippen LogP contribution in [-0.4, -0.2) is 55.7 Å². The second-order valence-electron chi connectivity index (χ2n) is 9.27. The van der Waals surface area contributed by atoms with Crippen LogP contribution in [0.15, 0.2) is 24.5 Å². The van der Waals surface area contributed by atoms with Crippen LogP contribution >= 0.6 is 0 Å². The Kier molecular flexibility index (Phi) is 6.27. The maximum Gasteiger partial charge on any atom is 0.419 e. The number of pyridine rings is 1. The van der Waals surface area contributed by atoms with Crippen molar-refractivity contribution in [3.63, 3.8) is 0 Å². The third-order valence-electron chi connectivity index (χ3n) is 5.41. The number of anilines is 1. The number of aromatic amines is 1. The van der Waals surface area contributed by atoms with Crippen LogP contribution in [0.5, 0.6) is 0 Å². The number of likely N-dealkylation sites (tertiary alicyclic amines) is 1. The zero-order valence-corrected chi connectivity index (χ0v) is 19.4. The number of aromatic nitrogens is 4. The van der Waals surface area contributed by atoms with Gasteiger partial charge in [0.25, 0.3) is 0 Å². The summed E-state index contributed by atoms with van der Waals surface area (Å²) in [5.41, 5.74) is -1.33. The molecule has 184 valence electrons. The van der Waals surface area contributed by atoms with Crippen LogP contribution in [0, 0.1) is 11.3 Å².